The highest BCUT2D eigenvalue weighted by atomic mass is 35.5. The Bertz CT molecular complexity index is 1230. The summed E-state index contributed by atoms with van der Waals surface area (Å²) in [6.07, 6.45) is 1.52. The number of thioether (sulfide) groups is 1. The third-order valence-electron chi connectivity index (χ3n) is 4.93. The molecule has 2 aliphatic rings. The van der Waals surface area contributed by atoms with Gasteiger partial charge in [0.2, 0.25) is 6.79 Å². The maximum absolute atomic E-state index is 13.0. The van der Waals surface area contributed by atoms with Gasteiger partial charge in [-0.1, -0.05) is 23.2 Å². The molecule has 0 spiro atoms. The van der Waals surface area contributed by atoms with E-state index in [9.17, 15) is 14.4 Å². The SMILES string of the molecule is CCOC(=O)COc1c(Cl)cc(/C=C2\SC(=O)N(Cc3cc4c(cc3Cl)OCO4)C2=O)cc1OC. The number of methoxy groups -OCH3 is 1. The Morgan fingerprint density at radius 2 is 1.89 bits per heavy atom. The second kappa shape index (κ2) is 10.7. The van der Waals surface area contributed by atoms with E-state index < -0.39 is 17.1 Å². The first kappa shape index (κ1) is 25.0. The molecule has 4 rings (SSSR count). The van der Waals surface area contributed by atoms with E-state index in [0.29, 0.717) is 27.6 Å². The molecule has 1 saturated heterocycles. The van der Waals surface area contributed by atoms with Crippen LogP contribution in [0.3, 0.4) is 0 Å². The minimum Gasteiger partial charge on any atom is -0.493 e. The summed E-state index contributed by atoms with van der Waals surface area (Å²) in [5, 5.41) is 0.0703. The van der Waals surface area contributed by atoms with Crippen LogP contribution in [0.4, 0.5) is 4.79 Å². The molecule has 12 heteroatoms. The highest BCUT2D eigenvalue weighted by Gasteiger charge is 2.36. The first-order valence-electron chi connectivity index (χ1n) is 10.3. The van der Waals surface area contributed by atoms with Crippen molar-refractivity contribution in [1.29, 1.82) is 0 Å². The summed E-state index contributed by atoms with van der Waals surface area (Å²) < 4.78 is 26.2. The quantitative estimate of drug-likeness (QED) is 0.342. The third kappa shape index (κ3) is 5.44. The Hall–Kier alpha value is -3.08. The van der Waals surface area contributed by atoms with Crippen molar-refractivity contribution in [1.82, 2.24) is 4.90 Å². The number of imide groups is 1. The van der Waals surface area contributed by atoms with Gasteiger partial charge in [0.05, 0.1) is 30.2 Å². The molecule has 0 N–H and O–H groups in total. The molecule has 9 nitrogen and oxygen atoms in total. The van der Waals surface area contributed by atoms with Gasteiger partial charge in [-0.3, -0.25) is 14.5 Å². The summed E-state index contributed by atoms with van der Waals surface area (Å²) in [5.74, 6) is 0.383. The number of carbonyl (C=O) groups excluding carboxylic acids is 3. The lowest BCUT2D eigenvalue weighted by molar-refractivity contribution is -0.145. The van der Waals surface area contributed by atoms with Crippen molar-refractivity contribution in [2.45, 2.75) is 13.5 Å². The standard InChI is InChI=1S/C23H19Cl2NO8S/c1-3-31-20(27)10-32-21-15(25)4-12(5-18(21)30-2)6-19-22(28)26(23(29)35-19)9-13-7-16-17(8-14(13)24)34-11-33-16/h4-8H,3,9-11H2,1-2H3/b19-6-. The monoisotopic (exact) mass is 539 g/mol. The first-order chi connectivity index (χ1) is 16.8. The van der Waals surface area contributed by atoms with Crippen molar-refractivity contribution >= 4 is 58.2 Å². The van der Waals surface area contributed by atoms with Gasteiger partial charge in [-0.15, -0.1) is 0 Å². The highest BCUT2D eigenvalue weighted by molar-refractivity contribution is 8.18. The normalized spacial score (nSPS) is 15.7. The Labute approximate surface area is 214 Å². The molecule has 0 bridgehead atoms. The van der Waals surface area contributed by atoms with Gasteiger partial charge >= 0.3 is 5.97 Å². The molecule has 0 aromatic heterocycles. The molecule has 0 aliphatic carbocycles. The molecule has 2 aliphatic heterocycles. The topological polar surface area (TPSA) is 101 Å². The van der Waals surface area contributed by atoms with Crippen molar-refractivity contribution in [2.75, 3.05) is 27.1 Å². The van der Waals surface area contributed by atoms with Gasteiger partial charge in [0.25, 0.3) is 11.1 Å². The van der Waals surface area contributed by atoms with E-state index in [0.717, 1.165) is 16.7 Å². The summed E-state index contributed by atoms with van der Waals surface area (Å²) in [6, 6.07) is 6.35. The lowest BCUT2D eigenvalue weighted by Crippen LogP contribution is -2.27. The predicted molar refractivity (Wildman–Crippen MR) is 129 cm³/mol. The number of amides is 2. The van der Waals surface area contributed by atoms with Gasteiger partial charge in [0.1, 0.15) is 0 Å². The molecule has 0 saturated carbocycles. The van der Waals surface area contributed by atoms with Crippen LogP contribution < -0.4 is 18.9 Å². The second-order valence-corrected chi connectivity index (χ2v) is 9.00. The van der Waals surface area contributed by atoms with E-state index in [1.165, 1.54) is 19.3 Å². The zero-order chi connectivity index (χ0) is 25.1. The molecule has 184 valence electrons. The molecule has 0 unspecified atom stereocenters. The van der Waals surface area contributed by atoms with Gasteiger partial charge in [-0.25, -0.2) is 4.79 Å². The lowest BCUT2D eigenvalue weighted by atomic mass is 10.1. The van der Waals surface area contributed by atoms with Crippen molar-refractivity contribution in [2.24, 2.45) is 0 Å². The fourth-order valence-corrected chi connectivity index (χ4v) is 4.66. The van der Waals surface area contributed by atoms with Gasteiger partial charge in [-0.05, 0) is 54.1 Å². The van der Waals surface area contributed by atoms with E-state index in [4.69, 9.17) is 46.9 Å². The number of carbonyl (C=O) groups is 3. The number of fused-ring (bicyclic) bond motifs is 1. The van der Waals surface area contributed by atoms with Crippen molar-refractivity contribution in [3.8, 4) is 23.0 Å². The van der Waals surface area contributed by atoms with E-state index in [1.54, 1.807) is 25.1 Å². The minimum absolute atomic E-state index is 0.0256. The number of esters is 1. The number of halogens is 2. The summed E-state index contributed by atoms with van der Waals surface area (Å²) in [7, 11) is 1.41. The molecule has 2 aromatic carbocycles. The van der Waals surface area contributed by atoms with Crippen molar-refractivity contribution in [3.05, 3.63) is 50.3 Å². The van der Waals surface area contributed by atoms with E-state index in [1.807, 2.05) is 0 Å². The molecule has 2 heterocycles. The zero-order valence-corrected chi connectivity index (χ0v) is 20.9. The molecule has 0 radical (unpaired) electrons. The van der Waals surface area contributed by atoms with Crippen LogP contribution in [-0.2, 0) is 20.9 Å². The molecule has 0 atom stereocenters. The van der Waals surface area contributed by atoms with Crippen LogP contribution in [0.25, 0.3) is 6.08 Å². The van der Waals surface area contributed by atoms with Crippen LogP contribution in [0.2, 0.25) is 10.0 Å². The average Bonchev–Trinajstić information content (AvgIpc) is 3.37. The number of hydrogen-bond acceptors (Lipinski definition) is 9. The second-order valence-electron chi connectivity index (χ2n) is 7.19. The molecule has 35 heavy (non-hydrogen) atoms. The Balaban J connectivity index is 1.53. The lowest BCUT2D eigenvalue weighted by Gasteiger charge is -2.14. The van der Waals surface area contributed by atoms with Gasteiger partial charge in [0.15, 0.2) is 29.6 Å². The number of ether oxygens (including phenoxy) is 5. The number of benzene rings is 2. The molecule has 2 amide bonds. The van der Waals surface area contributed by atoms with Gasteiger partial charge < -0.3 is 23.7 Å². The Morgan fingerprint density at radius 3 is 2.60 bits per heavy atom. The average molecular weight is 540 g/mol. The summed E-state index contributed by atoms with van der Waals surface area (Å²) in [4.78, 5) is 38.5. The molecule has 2 aromatic rings. The summed E-state index contributed by atoms with van der Waals surface area (Å²) in [6.45, 7) is 1.62. The summed E-state index contributed by atoms with van der Waals surface area (Å²) in [5.41, 5.74) is 1.05. The minimum atomic E-state index is -0.550. The zero-order valence-electron chi connectivity index (χ0n) is 18.6. The largest absolute Gasteiger partial charge is 0.493 e. The maximum atomic E-state index is 13.0. The van der Waals surface area contributed by atoms with E-state index in [-0.39, 0.29) is 48.0 Å². The smallest absolute Gasteiger partial charge is 0.344 e. The summed E-state index contributed by atoms with van der Waals surface area (Å²) >= 11 is 13.4. The van der Waals surface area contributed by atoms with Crippen LogP contribution in [0.5, 0.6) is 23.0 Å². The highest BCUT2D eigenvalue weighted by Crippen LogP contribution is 2.41. The number of rotatable bonds is 8. The Kier molecular flexibility index (Phi) is 7.63. The Morgan fingerprint density at radius 1 is 1.14 bits per heavy atom. The van der Waals surface area contributed by atoms with Crippen LogP contribution in [0, 0.1) is 0 Å². The third-order valence-corrected chi connectivity index (χ3v) is 6.47. The molecular weight excluding hydrogens is 521 g/mol. The van der Waals surface area contributed by atoms with Crippen LogP contribution in [0.1, 0.15) is 18.1 Å². The number of hydrogen-bond donors (Lipinski definition) is 0. The van der Waals surface area contributed by atoms with Gasteiger partial charge in [-0.2, -0.15) is 0 Å². The fourth-order valence-electron chi connectivity index (χ4n) is 3.34. The van der Waals surface area contributed by atoms with Crippen LogP contribution in [-0.4, -0.2) is 49.1 Å². The molecule has 1 fully saturated rings. The van der Waals surface area contributed by atoms with E-state index in [2.05, 4.69) is 0 Å². The maximum Gasteiger partial charge on any atom is 0.344 e. The molecular formula is C23H19Cl2NO8S. The van der Waals surface area contributed by atoms with Crippen molar-refractivity contribution in [3.63, 3.8) is 0 Å². The van der Waals surface area contributed by atoms with Crippen molar-refractivity contribution < 1.29 is 38.1 Å². The van der Waals surface area contributed by atoms with Gasteiger partial charge in [0, 0.05) is 11.1 Å². The van der Waals surface area contributed by atoms with Crippen LogP contribution in [0.15, 0.2) is 29.2 Å². The van der Waals surface area contributed by atoms with Crippen LogP contribution >= 0.6 is 35.0 Å². The predicted octanol–water partition coefficient (Wildman–Crippen LogP) is 4.91. The fraction of sp³-hybridized carbons (Fsp3) is 0.261. The first-order valence-corrected chi connectivity index (χ1v) is 11.9. The van der Waals surface area contributed by atoms with E-state index >= 15 is 0 Å². The number of nitrogens with zero attached hydrogens (tertiary/aromatic N) is 1.